The minimum absolute atomic E-state index is 0.103. The van der Waals surface area contributed by atoms with Crippen molar-refractivity contribution < 1.29 is 20.1 Å². The van der Waals surface area contributed by atoms with Gasteiger partial charge in [0, 0.05) is 6.42 Å². The third kappa shape index (κ3) is 3.23. The van der Waals surface area contributed by atoms with Gasteiger partial charge in [-0.05, 0) is 53.4 Å². The number of phenols is 2. The number of nitrogens with one attached hydrogen (secondary N) is 1. The fraction of sp³-hybridized carbons (Fsp3) is 0.250. The Hall–Kier alpha value is -2.79. The summed E-state index contributed by atoms with van der Waals surface area (Å²) in [6, 6.07) is 12.7. The molecule has 0 fully saturated rings. The molecule has 0 aliphatic carbocycles. The highest BCUT2D eigenvalue weighted by atomic mass is 16.3. The normalized spacial score (nSPS) is 20.2. The number of rotatable bonds is 4. The fourth-order valence-electron chi connectivity index (χ4n) is 3.13. The van der Waals surface area contributed by atoms with Gasteiger partial charge in [-0.2, -0.15) is 0 Å². The first-order chi connectivity index (χ1) is 11.8. The van der Waals surface area contributed by atoms with Crippen molar-refractivity contribution in [3.8, 4) is 11.5 Å². The van der Waals surface area contributed by atoms with Crippen LogP contribution in [0.3, 0.4) is 0 Å². The average molecular weight is 339 g/mol. The van der Waals surface area contributed by atoms with Crippen LogP contribution in [-0.4, -0.2) is 26.8 Å². The minimum atomic E-state index is -1.67. The van der Waals surface area contributed by atoms with Crippen LogP contribution in [0.25, 0.3) is 11.3 Å². The molecule has 130 valence electrons. The van der Waals surface area contributed by atoms with Gasteiger partial charge < -0.3 is 20.6 Å². The van der Waals surface area contributed by atoms with E-state index < -0.39 is 11.5 Å². The molecule has 3 rings (SSSR count). The Labute approximate surface area is 146 Å². The molecule has 1 aliphatic heterocycles. The van der Waals surface area contributed by atoms with E-state index in [0.717, 1.165) is 0 Å². The Bertz CT molecular complexity index is 822. The maximum absolute atomic E-state index is 13.0. The van der Waals surface area contributed by atoms with Gasteiger partial charge in [-0.3, -0.25) is 4.79 Å². The molecule has 0 spiro atoms. The van der Waals surface area contributed by atoms with Gasteiger partial charge in [0.05, 0.1) is 11.3 Å². The zero-order valence-electron chi connectivity index (χ0n) is 14.2. The molecule has 5 heteroatoms. The standard InChI is InChI=1S/C20H21NO4/c1-12(2)11-20(25)19(24)17(13-3-7-15(22)8-4-13)18(21-20)14-5-9-16(23)10-6-14/h3-10,12,21-23,25H,11H2,1-2H3. The Balaban J connectivity index is 2.13. The summed E-state index contributed by atoms with van der Waals surface area (Å²) in [7, 11) is 0. The van der Waals surface area contributed by atoms with E-state index >= 15 is 0 Å². The van der Waals surface area contributed by atoms with Gasteiger partial charge in [0.15, 0.2) is 0 Å². The number of phenolic OH excluding ortho intramolecular Hbond substituents is 2. The van der Waals surface area contributed by atoms with E-state index in [1.165, 1.54) is 24.3 Å². The summed E-state index contributed by atoms with van der Waals surface area (Å²) in [5.74, 6) is -0.0552. The molecule has 0 bridgehead atoms. The van der Waals surface area contributed by atoms with E-state index in [1.54, 1.807) is 24.3 Å². The third-order valence-corrected chi connectivity index (χ3v) is 4.20. The van der Waals surface area contributed by atoms with Crippen molar-refractivity contribution in [2.75, 3.05) is 0 Å². The van der Waals surface area contributed by atoms with Crippen LogP contribution < -0.4 is 5.32 Å². The quantitative estimate of drug-likeness (QED) is 0.688. The summed E-state index contributed by atoms with van der Waals surface area (Å²) < 4.78 is 0. The van der Waals surface area contributed by atoms with Crippen molar-refractivity contribution in [1.82, 2.24) is 5.32 Å². The van der Waals surface area contributed by atoms with Crippen molar-refractivity contribution in [1.29, 1.82) is 0 Å². The smallest absolute Gasteiger partial charge is 0.217 e. The number of aliphatic hydroxyl groups is 1. The molecule has 0 aromatic heterocycles. The number of hydrogen-bond acceptors (Lipinski definition) is 5. The molecule has 25 heavy (non-hydrogen) atoms. The number of benzene rings is 2. The second-order valence-electron chi connectivity index (χ2n) is 6.76. The number of carbonyl (C=O) groups excluding carboxylic acids is 1. The van der Waals surface area contributed by atoms with Gasteiger partial charge in [0.1, 0.15) is 11.5 Å². The van der Waals surface area contributed by atoms with Crippen molar-refractivity contribution in [2.24, 2.45) is 5.92 Å². The highest BCUT2D eigenvalue weighted by molar-refractivity contribution is 6.33. The second-order valence-corrected chi connectivity index (χ2v) is 6.76. The number of carbonyl (C=O) groups is 1. The Kier molecular flexibility index (Phi) is 4.27. The Morgan fingerprint density at radius 1 is 0.920 bits per heavy atom. The van der Waals surface area contributed by atoms with Crippen LogP contribution in [0.2, 0.25) is 0 Å². The van der Waals surface area contributed by atoms with E-state index in [4.69, 9.17) is 0 Å². The van der Waals surface area contributed by atoms with Crippen LogP contribution in [-0.2, 0) is 4.79 Å². The molecule has 1 aliphatic rings. The minimum Gasteiger partial charge on any atom is -0.508 e. The van der Waals surface area contributed by atoms with E-state index in [1.807, 2.05) is 13.8 Å². The lowest BCUT2D eigenvalue weighted by Gasteiger charge is -2.25. The zero-order valence-corrected chi connectivity index (χ0v) is 14.2. The molecule has 2 aromatic rings. The summed E-state index contributed by atoms with van der Waals surface area (Å²) in [6.07, 6.45) is 0.273. The van der Waals surface area contributed by atoms with Gasteiger partial charge in [0.2, 0.25) is 11.5 Å². The topological polar surface area (TPSA) is 89.8 Å². The summed E-state index contributed by atoms with van der Waals surface area (Å²) in [6.45, 7) is 3.87. The maximum atomic E-state index is 13.0. The first-order valence-corrected chi connectivity index (χ1v) is 8.18. The number of ketones is 1. The predicted octanol–water partition coefficient (Wildman–Crippen LogP) is 2.87. The predicted molar refractivity (Wildman–Crippen MR) is 95.6 cm³/mol. The van der Waals surface area contributed by atoms with Crippen LogP contribution in [0.5, 0.6) is 11.5 Å². The Morgan fingerprint density at radius 3 is 1.88 bits per heavy atom. The van der Waals surface area contributed by atoms with Crippen molar-refractivity contribution in [3.63, 3.8) is 0 Å². The van der Waals surface area contributed by atoms with E-state index in [2.05, 4.69) is 5.32 Å². The fourth-order valence-corrected chi connectivity index (χ4v) is 3.13. The largest absolute Gasteiger partial charge is 0.508 e. The summed E-state index contributed by atoms with van der Waals surface area (Å²) in [4.78, 5) is 13.0. The van der Waals surface area contributed by atoms with Crippen molar-refractivity contribution >= 4 is 17.1 Å². The highest BCUT2D eigenvalue weighted by Gasteiger charge is 2.46. The highest BCUT2D eigenvalue weighted by Crippen LogP contribution is 2.38. The van der Waals surface area contributed by atoms with Gasteiger partial charge in [-0.1, -0.05) is 26.0 Å². The molecule has 5 nitrogen and oxygen atoms in total. The maximum Gasteiger partial charge on any atom is 0.217 e. The van der Waals surface area contributed by atoms with Crippen LogP contribution in [0, 0.1) is 5.92 Å². The van der Waals surface area contributed by atoms with Crippen LogP contribution in [0.1, 0.15) is 31.4 Å². The molecule has 1 heterocycles. The molecule has 0 saturated heterocycles. The first-order valence-electron chi connectivity index (χ1n) is 8.18. The van der Waals surface area contributed by atoms with Crippen LogP contribution in [0.15, 0.2) is 48.5 Å². The molecule has 0 amide bonds. The van der Waals surface area contributed by atoms with Gasteiger partial charge in [0.25, 0.3) is 0 Å². The zero-order chi connectivity index (χ0) is 18.2. The molecular weight excluding hydrogens is 318 g/mol. The van der Waals surface area contributed by atoms with Gasteiger partial charge in [-0.25, -0.2) is 0 Å². The lowest BCUT2D eigenvalue weighted by atomic mass is 9.91. The van der Waals surface area contributed by atoms with Crippen LogP contribution >= 0.6 is 0 Å². The van der Waals surface area contributed by atoms with E-state index in [9.17, 15) is 20.1 Å². The lowest BCUT2D eigenvalue weighted by Crippen LogP contribution is -2.47. The third-order valence-electron chi connectivity index (χ3n) is 4.20. The average Bonchev–Trinajstić information content (AvgIpc) is 2.80. The van der Waals surface area contributed by atoms with Gasteiger partial charge in [-0.15, -0.1) is 0 Å². The van der Waals surface area contributed by atoms with E-state index in [-0.39, 0.29) is 23.8 Å². The van der Waals surface area contributed by atoms with E-state index in [0.29, 0.717) is 22.4 Å². The van der Waals surface area contributed by atoms with Crippen molar-refractivity contribution in [2.45, 2.75) is 26.0 Å². The first kappa shape index (κ1) is 17.0. The number of aromatic hydroxyl groups is 2. The van der Waals surface area contributed by atoms with Gasteiger partial charge >= 0.3 is 0 Å². The molecule has 4 N–H and O–H groups in total. The van der Waals surface area contributed by atoms with Crippen LogP contribution in [0.4, 0.5) is 0 Å². The molecule has 1 atom stereocenters. The molecule has 2 aromatic carbocycles. The Morgan fingerprint density at radius 2 is 1.40 bits per heavy atom. The summed E-state index contributed by atoms with van der Waals surface area (Å²) in [5.41, 5.74) is 0.508. The molecular formula is C20H21NO4. The monoisotopic (exact) mass is 339 g/mol. The number of Topliss-reactive ketones (excluding diaryl/α,β-unsaturated/α-hetero) is 1. The molecule has 1 unspecified atom stereocenters. The molecule has 0 radical (unpaired) electrons. The lowest BCUT2D eigenvalue weighted by molar-refractivity contribution is -0.133. The second kappa shape index (κ2) is 6.26. The molecule has 0 saturated carbocycles. The summed E-state index contributed by atoms with van der Waals surface area (Å²) in [5, 5.41) is 32.9. The SMILES string of the molecule is CC(C)CC1(O)NC(c2ccc(O)cc2)=C(c2ccc(O)cc2)C1=O. The van der Waals surface area contributed by atoms with Crippen molar-refractivity contribution in [3.05, 3.63) is 59.7 Å². The number of hydrogen-bond donors (Lipinski definition) is 4. The summed E-state index contributed by atoms with van der Waals surface area (Å²) >= 11 is 0.